The number of hydrogen-bond donors (Lipinski definition) is 1. The number of hydrogen-bond acceptors (Lipinski definition) is 3. The number of nitrogens with zero attached hydrogens (tertiary/aromatic N) is 1. The van der Waals surface area contributed by atoms with Crippen molar-refractivity contribution in [3.63, 3.8) is 0 Å². The highest BCUT2D eigenvalue weighted by Gasteiger charge is 1.99. The van der Waals surface area contributed by atoms with Crippen molar-refractivity contribution >= 4 is 12.2 Å². The first-order valence-electron chi connectivity index (χ1n) is 4.50. The molecule has 4 heteroatoms. The zero-order valence-corrected chi connectivity index (χ0v) is 9.04. The summed E-state index contributed by atoms with van der Waals surface area (Å²) in [4.78, 5) is 0. The first-order valence-corrected chi connectivity index (χ1v) is 4.90. The molecule has 76 valence electrons. The predicted octanol–water partition coefficient (Wildman–Crippen LogP) is 2.81. The van der Waals surface area contributed by atoms with Crippen LogP contribution in [0.15, 0.2) is 36.4 Å². The molecule has 15 heavy (non-hydrogen) atoms. The van der Waals surface area contributed by atoms with E-state index in [0.29, 0.717) is 4.64 Å². The second-order valence-corrected chi connectivity index (χ2v) is 3.48. The summed E-state index contributed by atoms with van der Waals surface area (Å²) in [6.45, 7) is 0. The summed E-state index contributed by atoms with van der Waals surface area (Å²) in [6.07, 6.45) is 0. The van der Waals surface area contributed by atoms with Gasteiger partial charge in [0.15, 0.2) is 0 Å². The van der Waals surface area contributed by atoms with E-state index < -0.39 is 0 Å². The largest absolute Gasteiger partial charge is 0.497 e. The predicted molar refractivity (Wildman–Crippen MR) is 61.4 cm³/mol. The van der Waals surface area contributed by atoms with Gasteiger partial charge in [-0.1, -0.05) is 24.4 Å². The van der Waals surface area contributed by atoms with Crippen LogP contribution in [0.1, 0.15) is 0 Å². The van der Waals surface area contributed by atoms with Crippen molar-refractivity contribution in [1.82, 2.24) is 10.2 Å². The van der Waals surface area contributed by atoms with Gasteiger partial charge in [-0.3, -0.25) is 5.10 Å². The third kappa shape index (κ3) is 2.22. The number of methoxy groups -OCH3 is 1. The van der Waals surface area contributed by atoms with Crippen molar-refractivity contribution in [2.24, 2.45) is 0 Å². The van der Waals surface area contributed by atoms with E-state index in [1.54, 1.807) is 7.11 Å². The molecule has 0 radical (unpaired) electrons. The summed E-state index contributed by atoms with van der Waals surface area (Å²) < 4.78 is 5.77. The van der Waals surface area contributed by atoms with E-state index in [1.165, 1.54) is 0 Å². The standard InChI is InChI=1S/C11H10N2OS/c1-14-9-4-2-3-8(7-9)10-5-6-11(15)13-12-10/h2-7H,1H3,(H,13,15). The highest BCUT2D eigenvalue weighted by atomic mass is 32.1. The summed E-state index contributed by atoms with van der Waals surface area (Å²) in [5.41, 5.74) is 1.85. The lowest BCUT2D eigenvalue weighted by molar-refractivity contribution is 0.415. The molecule has 1 aromatic carbocycles. The Bertz CT molecular complexity index is 501. The van der Waals surface area contributed by atoms with Crippen LogP contribution >= 0.6 is 12.2 Å². The molecule has 0 fully saturated rings. The van der Waals surface area contributed by atoms with Crippen LogP contribution in [0.3, 0.4) is 0 Å². The molecule has 0 saturated heterocycles. The van der Waals surface area contributed by atoms with E-state index in [4.69, 9.17) is 17.0 Å². The Balaban J connectivity index is 2.44. The van der Waals surface area contributed by atoms with Gasteiger partial charge in [0.2, 0.25) is 0 Å². The lowest BCUT2D eigenvalue weighted by Crippen LogP contribution is -1.88. The molecule has 2 rings (SSSR count). The number of rotatable bonds is 2. The van der Waals surface area contributed by atoms with Crippen LogP contribution < -0.4 is 4.74 Å². The maximum Gasteiger partial charge on any atom is 0.119 e. The van der Waals surface area contributed by atoms with Gasteiger partial charge >= 0.3 is 0 Å². The molecule has 1 aromatic heterocycles. The smallest absolute Gasteiger partial charge is 0.119 e. The fourth-order valence-electron chi connectivity index (χ4n) is 1.29. The third-order valence-corrected chi connectivity index (χ3v) is 2.27. The van der Waals surface area contributed by atoms with Gasteiger partial charge in [-0.25, -0.2) is 0 Å². The molecule has 0 aliphatic rings. The highest BCUT2D eigenvalue weighted by Crippen LogP contribution is 2.20. The van der Waals surface area contributed by atoms with Gasteiger partial charge in [0.05, 0.1) is 12.8 Å². The first-order chi connectivity index (χ1) is 7.29. The Hall–Kier alpha value is -1.68. The molecular formula is C11H10N2OS. The molecule has 1 heterocycles. The van der Waals surface area contributed by atoms with E-state index in [9.17, 15) is 0 Å². The Labute approximate surface area is 92.7 Å². The van der Waals surface area contributed by atoms with Gasteiger partial charge in [-0.2, -0.15) is 5.10 Å². The van der Waals surface area contributed by atoms with Gasteiger partial charge in [-0.15, -0.1) is 0 Å². The minimum Gasteiger partial charge on any atom is -0.497 e. The minimum absolute atomic E-state index is 0.627. The maximum atomic E-state index is 5.14. The maximum absolute atomic E-state index is 5.14. The Morgan fingerprint density at radius 2 is 2.13 bits per heavy atom. The highest BCUT2D eigenvalue weighted by molar-refractivity contribution is 7.71. The summed E-state index contributed by atoms with van der Waals surface area (Å²) in [7, 11) is 1.64. The average molecular weight is 218 g/mol. The van der Waals surface area contributed by atoms with E-state index in [1.807, 2.05) is 36.4 Å². The van der Waals surface area contributed by atoms with Gasteiger partial charge in [0.25, 0.3) is 0 Å². The quantitative estimate of drug-likeness (QED) is 0.788. The molecule has 0 amide bonds. The Morgan fingerprint density at radius 1 is 1.27 bits per heavy atom. The fraction of sp³-hybridized carbons (Fsp3) is 0.0909. The van der Waals surface area contributed by atoms with E-state index >= 15 is 0 Å². The van der Waals surface area contributed by atoms with Crippen LogP contribution in [0.2, 0.25) is 0 Å². The molecular weight excluding hydrogens is 208 g/mol. The lowest BCUT2D eigenvalue weighted by Gasteiger charge is -2.03. The molecule has 0 aliphatic carbocycles. The van der Waals surface area contributed by atoms with Crippen LogP contribution in [0, 0.1) is 4.64 Å². The van der Waals surface area contributed by atoms with Gasteiger partial charge < -0.3 is 4.74 Å². The molecule has 0 aliphatic heterocycles. The Morgan fingerprint density at radius 3 is 2.80 bits per heavy atom. The second kappa shape index (κ2) is 4.23. The number of nitrogens with one attached hydrogen (secondary N) is 1. The van der Waals surface area contributed by atoms with Crippen molar-refractivity contribution in [2.45, 2.75) is 0 Å². The fourth-order valence-corrected chi connectivity index (χ4v) is 1.40. The zero-order valence-electron chi connectivity index (χ0n) is 8.23. The third-order valence-electron chi connectivity index (χ3n) is 2.04. The van der Waals surface area contributed by atoms with Crippen molar-refractivity contribution in [3.8, 4) is 17.0 Å². The van der Waals surface area contributed by atoms with E-state index in [2.05, 4.69) is 10.2 Å². The molecule has 0 bridgehead atoms. The summed E-state index contributed by atoms with van der Waals surface area (Å²) >= 11 is 4.93. The monoisotopic (exact) mass is 218 g/mol. The molecule has 3 nitrogen and oxygen atoms in total. The normalized spacial score (nSPS) is 9.93. The number of aromatic nitrogens is 2. The summed E-state index contributed by atoms with van der Waals surface area (Å²) in [5, 5.41) is 6.90. The number of H-pyrrole nitrogens is 1. The van der Waals surface area contributed by atoms with Crippen LogP contribution in [-0.2, 0) is 0 Å². The van der Waals surface area contributed by atoms with Crippen LogP contribution in [0.4, 0.5) is 0 Å². The number of benzene rings is 1. The SMILES string of the molecule is COc1cccc(-c2ccc(=S)[nH]n2)c1. The zero-order chi connectivity index (χ0) is 10.7. The van der Waals surface area contributed by atoms with Crippen LogP contribution in [0.25, 0.3) is 11.3 Å². The molecule has 2 aromatic rings. The number of ether oxygens (including phenoxy) is 1. The van der Waals surface area contributed by atoms with Crippen LogP contribution in [-0.4, -0.2) is 17.3 Å². The number of aromatic amines is 1. The molecule has 1 N–H and O–H groups in total. The minimum atomic E-state index is 0.627. The lowest BCUT2D eigenvalue weighted by atomic mass is 10.1. The summed E-state index contributed by atoms with van der Waals surface area (Å²) in [6, 6.07) is 11.4. The molecule has 0 saturated carbocycles. The van der Waals surface area contributed by atoms with E-state index in [0.717, 1.165) is 17.0 Å². The second-order valence-electron chi connectivity index (χ2n) is 3.04. The van der Waals surface area contributed by atoms with Crippen LogP contribution in [0.5, 0.6) is 5.75 Å². The van der Waals surface area contributed by atoms with Gasteiger partial charge in [0, 0.05) is 5.56 Å². The van der Waals surface area contributed by atoms with Crippen molar-refractivity contribution < 1.29 is 4.74 Å². The van der Waals surface area contributed by atoms with E-state index in [-0.39, 0.29) is 0 Å². The van der Waals surface area contributed by atoms with Gasteiger partial charge in [-0.05, 0) is 24.3 Å². The topological polar surface area (TPSA) is 37.9 Å². The molecule has 0 atom stereocenters. The Kier molecular flexibility index (Phi) is 2.78. The molecule has 0 unspecified atom stereocenters. The first kappa shape index (κ1) is 9.86. The molecule has 0 spiro atoms. The van der Waals surface area contributed by atoms with Crippen molar-refractivity contribution in [3.05, 3.63) is 41.0 Å². The summed E-state index contributed by atoms with van der Waals surface area (Å²) in [5.74, 6) is 0.816. The van der Waals surface area contributed by atoms with Gasteiger partial charge in [0.1, 0.15) is 10.4 Å². The van der Waals surface area contributed by atoms with Crippen molar-refractivity contribution in [2.75, 3.05) is 7.11 Å². The average Bonchev–Trinajstić information content (AvgIpc) is 2.30. The van der Waals surface area contributed by atoms with Crippen molar-refractivity contribution in [1.29, 1.82) is 0 Å².